The van der Waals surface area contributed by atoms with E-state index in [1.165, 1.54) is 43.3 Å². The van der Waals surface area contributed by atoms with Crippen LogP contribution in [0.3, 0.4) is 0 Å². The summed E-state index contributed by atoms with van der Waals surface area (Å²) in [5.41, 5.74) is 2.94. The van der Waals surface area contributed by atoms with Crippen LogP contribution in [0.5, 0.6) is 5.75 Å². The molecule has 1 heterocycles. The van der Waals surface area contributed by atoms with Crippen LogP contribution in [-0.2, 0) is 36.9 Å². The van der Waals surface area contributed by atoms with E-state index >= 15 is 0 Å². The van der Waals surface area contributed by atoms with Crippen molar-refractivity contribution in [2.24, 2.45) is 17.6 Å². The van der Waals surface area contributed by atoms with E-state index in [0.29, 0.717) is 29.7 Å². The zero-order valence-electron chi connectivity index (χ0n) is 25.2. The Morgan fingerprint density at radius 3 is 2.46 bits per heavy atom. The number of nitrogens with one attached hydrogen (secondary N) is 1. The SMILES string of the molecule is CN(C)[C@H]1C(=O)C(C(N)=O)=C(O)[C@]2(O)C(=O)C3=C(O)c4c(O)c(CNC(=O)C5CCCO5)cc(-c5ccc(F)cc5)c4C[C@@H]3C[C@H]12. The van der Waals surface area contributed by atoms with Gasteiger partial charge in [0, 0.05) is 30.2 Å². The lowest BCUT2D eigenvalue weighted by Crippen LogP contribution is -2.65. The molecule has 6 rings (SSSR count). The largest absolute Gasteiger partial charge is 0.508 e. The van der Waals surface area contributed by atoms with Crippen LogP contribution < -0.4 is 11.1 Å². The second-order valence-electron chi connectivity index (χ2n) is 12.5. The number of likely N-dealkylation sites (N-methyl/N-ethyl adjacent to an activating group) is 1. The highest BCUT2D eigenvalue weighted by atomic mass is 19.1. The number of rotatable bonds is 6. The minimum Gasteiger partial charge on any atom is -0.508 e. The summed E-state index contributed by atoms with van der Waals surface area (Å²) in [5.74, 6) is -8.44. The van der Waals surface area contributed by atoms with Gasteiger partial charge in [-0.25, -0.2) is 4.39 Å². The number of amides is 2. The Morgan fingerprint density at radius 1 is 1.15 bits per heavy atom. The van der Waals surface area contributed by atoms with Crippen molar-refractivity contribution in [2.75, 3.05) is 20.7 Å². The number of Topliss-reactive ketones (excluding diaryl/α,β-unsaturated/α-hetero) is 2. The van der Waals surface area contributed by atoms with Gasteiger partial charge in [0.1, 0.15) is 34.8 Å². The predicted octanol–water partition coefficient (Wildman–Crippen LogP) is 1.57. The Bertz CT molecular complexity index is 1740. The topological polar surface area (TPSA) is 200 Å². The highest BCUT2D eigenvalue weighted by molar-refractivity contribution is 6.24. The van der Waals surface area contributed by atoms with E-state index in [2.05, 4.69) is 5.32 Å². The number of nitrogens with two attached hydrogens (primary N) is 1. The zero-order chi connectivity index (χ0) is 33.2. The molecule has 1 aliphatic heterocycles. The number of aromatic hydroxyl groups is 1. The van der Waals surface area contributed by atoms with Gasteiger partial charge in [-0.05, 0) is 80.6 Å². The van der Waals surface area contributed by atoms with Gasteiger partial charge in [-0.3, -0.25) is 24.1 Å². The van der Waals surface area contributed by atoms with Crippen molar-refractivity contribution >= 4 is 29.1 Å². The van der Waals surface area contributed by atoms with Gasteiger partial charge in [0.15, 0.2) is 11.4 Å². The van der Waals surface area contributed by atoms with Gasteiger partial charge >= 0.3 is 0 Å². The fourth-order valence-electron chi connectivity index (χ4n) is 7.47. The van der Waals surface area contributed by atoms with Crippen LogP contribution in [0.2, 0.25) is 0 Å². The molecule has 0 spiro atoms. The number of hydrogen-bond acceptors (Lipinski definition) is 10. The molecule has 0 radical (unpaired) electrons. The second-order valence-corrected chi connectivity index (χ2v) is 12.5. The average Bonchev–Trinajstić information content (AvgIpc) is 3.54. The van der Waals surface area contributed by atoms with Crippen molar-refractivity contribution in [1.82, 2.24) is 10.2 Å². The summed E-state index contributed by atoms with van der Waals surface area (Å²) in [6, 6.07) is 5.96. The molecule has 2 fully saturated rings. The number of nitrogens with zero attached hydrogens (tertiary/aromatic N) is 1. The summed E-state index contributed by atoms with van der Waals surface area (Å²) in [5, 5.41) is 48.9. The minimum absolute atomic E-state index is 0.0529. The number of aliphatic hydroxyl groups is 3. The first kappa shape index (κ1) is 31.4. The fraction of sp³-hybridized carbons (Fsp3) is 0.394. The van der Waals surface area contributed by atoms with Gasteiger partial charge < -0.3 is 36.2 Å². The molecule has 0 bridgehead atoms. The normalized spacial score (nSPS) is 27.4. The lowest BCUT2D eigenvalue weighted by molar-refractivity contribution is -0.153. The summed E-state index contributed by atoms with van der Waals surface area (Å²) in [4.78, 5) is 53.9. The molecular formula is C33H34FN3O9. The third-order valence-corrected chi connectivity index (χ3v) is 9.63. The molecule has 7 N–H and O–H groups in total. The Labute approximate surface area is 263 Å². The van der Waals surface area contributed by atoms with E-state index in [9.17, 15) is 44.0 Å². The molecule has 1 saturated carbocycles. The quantitative estimate of drug-likeness (QED) is 0.253. The summed E-state index contributed by atoms with van der Waals surface area (Å²) >= 11 is 0. The van der Waals surface area contributed by atoms with E-state index < -0.39 is 75.7 Å². The molecule has 2 amide bonds. The Hall–Kier alpha value is -4.59. The van der Waals surface area contributed by atoms with Crippen molar-refractivity contribution in [3.05, 3.63) is 69.7 Å². The molecule has 5 atom stereocenters. The third-order valence-electron chi connectivity index (χ3n) is 9.63. The molecule has 1 saturated heterocycles. The van der Waals surface area contributed by atoms with Crippen molar-refractivity contribution in [1.29, 1.82) is 0 Å². The number of fused-ring (bicyclic) bond motifs is 3. The second kappa shape index (κ2) is 11.3. The van der Waals surface area contributed by atoms with Gasteiger partial charge in [-0.15, -0.1) is 0 Å². The summed E-state index contributed by atoms with van der Waals surface area (Å²) in [6.45, 7) is 0.284. The van der Waals surface area contributed by atoms with Crippen LogP contribution in [0.15, 0.2) is 47.2 Å². The van der Waals surface area contributed by atoms with Crippen LogP contribution in [0.1, 0.15) is 36.0 Å². The van der Waals surface area contributed by atoms with Crippen LogP contribution in [0.25, 0.3) is 16.9 Å². The van der Waals surface area contributed by atoms with E-state index in [1.54, 1.807) is 6.07 Å². The number of phenols is 1. The Balaban J connectivity index is 1.52. The van der Waals surface area contributed by atoms with E-state index in [0.717, 1.165) is 6.42 Å². The Kier molecular flexibility index (Phi) is 7.74. The molecule has 12 nitrogen and oxygen atoms in total. The van der Waals surface area contributed by atoms with Gasteiger partial charge in [-0.2, -0.15) is 0 Å². The summed E-state index contributed by atoms with van der Waals surface area (Å²) in [7, 11) is 3.05. The molecule has 1 unspecified atom stereocenters. The van der Waals surface area contributed by atoms with E-state index in [-0.39, 0.29) is 42.0 Å². The van der Waals surface area contributed by atoms with Crippen molar-refractivity contribution in [3.8, 4) is 16.9 Å². The van der Waals surface area contributed by atoms with Gasteiger partial charge in [-0.1, -0.05) is 12.1 Å². The summed E-state index contributed by atoms with van der Waals surface area (Å²) in [6.07, 6.45) is 0.616. The molecule has 242 valence electrons. The molecule has 2 aromatic carbocycles. The first-order valence-corrected chi connectivity index (χ1v) is 14.9. The maximum Gasteiger partial charge on any atom is 0.255 e. The number of carbonyl (C=O) groups excluding carboxylic acids is 4. The molecule has 13 heteroatoms. The highest BCUT2D eigenvalue weighted by Gasteiger charge is 2.64. The molecular weight excluding hydrogens is 601 g/mol. The van der Waals surface area contributed by atoms with Gasteiger partial charge in [0.05, 0.1) is 11.6 Å². The maximum atomic E-state index is 14.2. The number of phenolic OH excluding ortho intramolecular Hbond substituents is 1. The van der Waals surface area contributed by atoms with Crippen molar-refractivity contribution in [3.63, 3.8) is 0 Å². The van der Waals surface area contributed by atoms with Gasteiger partial charge in [0.25, 0.3) is 5.91 Å². The predicted molar refractivity (Wildman–Crippen MR) is 160 cm³/mol. The number of ketones is 2. The fourth-order valence-corrected chi connectivity index (χ4v) is 7.47. The zero-order valence-corrected chi connectivity index (χ0v) is 25.2. The first-order chi connectivity index (χ1) is 21.8. The monoisotopic (exact) mass is 635 g/mol. The average molecular weight is 636 g/mol. The third kappa shape index (κ3) is 4.68. The van der Waals surface area contributed by atoms with E-state index in [1.807, 2.05) is 0 Å². The highest BCUT2D eigenvalue weighted by Crippen LogP contribution is 2.54. The number of hydrogen-bond donors (Lipinski definition) is 6. The smallest absolute Gasteiger partial charge is 0.255 e. The van der Waals surface area contributed by atoms with E-state index in [4.69, 9.17) is 10.5 Å². The lowest BCUT2D eigenvalue weighted by Gasteiger charge is -2.50. The van der Waals surface area contributed by atoms with Crippen LogP contribution in [0.4, 0.5) is 4.39 Å². The standard InChI is InChI=1S/C33H34FN3O9/c1-37(2)25-20-12-15-10-19-18(14-5-7-17(34)8-6-14)11-16(13-36-32(44)21-4-3-9-46-21)26(38)23(19)27(39)22(15)29(41)33(20,45)30(42)24(28(25)40)31(35)43/h5-8,11,15,20-21,25,38-39,42,45H,3-4,9-10,12-13H2,1-2H3,(H2,35,43)(H,36,44)/t15-,20-,21?,25-,33-/m1/s1. The van der Waals surface area contributed by atoms with Gasteiger partial charge in [0.2, 0.25) is 11.7 Å². The van der Waals surface area contributed by atoms with Crippen molar-refractivity contribution < 1.29 is 48.7 Å². The number of primary amides is 1. The molecule has 4 aliphatic rings. The number of ether oxygens (including phenoxy) is 1. The molecule has 2 aromatic rings. The lowest BCUT2D eigenvalue weighted by atomic mass is 9.57. The van der Waals surface area contributed by atoms with Crippen LogP contribution in [-0.4, -0.2) is 87.2 Å². The number of benzene rings is 2. The number of aliphatic hydroxyl groups excluding tert-OH is 2. The number of halogens is 1. The minimum atomic E-state index is -2.77. The van der Waals surface area contributed by atoms with Crippen molar-refractivity contribution in [2.45, 2.75) is 50.0 Å². The maximum absolute atomic E-state index is 14.2. The molecule has 3 aliphatic carbocycles. The van der Waals surface area contributed by atoms with Crippen LogP contribution >= 0.6 is 0 Å². The number of carbonyl (C=O) groups is 4. The Morgan fingerprint density at radius 2 is 1.85 bits per heavy atom. The first-order valence-electron chi connectivity index (χ1n) is 14.9. The summed E-state index contributed by atoms with van der Waals surface area (Å²) < 4.78 is 19.3. The molecule has 0 aromatic heterocycles. The molecule has 46 heavy (non-hydrogen) atoms. The van der Waals surface area contributed by atoms with Crippen LogP contribution in [0, 0.1) is 17.7 Å².